The van der Waals surface area contributed by atoms with Gasteiger partial charge in [0.1, 0.15) is 12.2 Å². The number of ether oxygens (including phenoxy) is 2. The summed E-state index contributed by atoms with van der Waals surface area (Å²) in [5.74, 6) is 0. The van der Waals surface area contributed by atoms with Crippen LogP contribution in [0.15, 0.2) is 35.5 Å². The quantitative estimate of drug-likeness (QED) is 0.378. The summed E-state index contributed by atoms with van der Waals surface area (Å²) >= 11 is 0. The fourth-order valence-corrected chi connectivity index (χ4v) is 14.2. The standard InChI is InChI=1S/C25H35N3O5Si2.Y/c1-16(2)34(7)29-15-20-22(32-35(33-34,17(3)4)18(5)6)23-24(30-20)28-14-13-21(27-25(28)31-23)26-19-11-9-8-10-12-19;/h8-11,14,16-18,20,22-24H,15H2,1-7H3;/q-2;/t20-,22?,23-,24-,34?;/m0./s1. The Morgan fingerprint density at radius 2 is 1.81 bits per heavy atom. The van der Waals surface area contributed by atoms with Gasteiger partial charge in [0, 0.05) is 32.7 Å². The SMILES string of the molecule is CC(C)[Si]1(C)OC[C@@H]2O[C@H]3[C@@H](Oc4nc(=Nc5[c-]cccc5)[c-]cn43)C2O[Si](C(C)C)(C(C)C)O1.[Y]. The summed E-state index contributed by atoms with van der Waals surface area (Å²) in [4.78, 5) is 9.09. The number of hydrogen-bond acceptors (Lipinski definition) is 7. The Labute approximate surface area is 241 Å². The Balaban J connectivity index is 0.00000304. The molecule has 1 aromatic heterocycles. The number of benzene rings is 1. The third-order valence-electron chi connectivity index (χ3n) is 7.35. The Hall–Kier alpha value is -0.722. The first kappa shape index (κ1) is 28.3. The normalized spacial score (nSPS) is 31.3. The molecule has 0 N–H and O–H groups in total. The van der Waals surface area contributed by atoms with E-state index in [1.54, 1.807) is 6.20 Å². The molecule has 8 nitrogen and oxygen atoms in total. The van der Waals surface area contributed by atoms with Crippen LogP contribution in [-0.4, -0.2) is 51.6 Å². The molecular weight excluding hydrogens is 567 g/mol. The van der Waals surface area contributed by atoms with Crippen molar-refractivity contribution < 1.29 is 55.2 Å². The zero-order chi connectivity index (χ0) is 25.0. The van der Waals surface area contributed by atoms with Crippen LogP contribution >= 0.6 is 0 Å². The van der Waals surface area contributed by atoms with Crippen LogP contribution in [0.5, 0.6) is 6.01 Å². The van der Waals surface area contributed by atoms with E-state index in [0.29, 0.717) is 29.3 Å². The molecule has 2 fully saturated rings. The first-order valence-corrected chi connectivity index (χ1v) is 16.9. The molecule has 5 atom stereocenters. The molecule has 1 aromatic carbocycles. The van der Waals surface area contributed by atoms with Gasteiger partial charge in [-0.05, 0) is 28.7 Å². The van der Waals surface area contributed by atoms with E-state index in [-0.39, 0.29) is 68.3 Å². The maximum Gasteiger partial charge on any atom is 0.335 e. The molecule has 5 rings (SSSR count). The van der Waals surface area contributed by atoms with Crippen LogP contribution in [-0.2, 0) is 50.4 Å². The van der Waals surface area contributed by atoms with E-state index < -0.39 is 17.1 Å². The van der Waals surface area contributed by atoms with Gasteiger partial charge in [-0.15, -0.1) is 6.07 Å². The number of aromatic nitrogens is 2. The molecule has 2 aromatic rings. The number of nitrogens with zero attached hydrogens (tertiary/aromatic N) is 3. The minimum Gasteiger partial charge on any atom is -0.454 e. The molecule has 193 valence electrons. The van der Waals surface area contributed by atoms with Gasteiger partial charge in [0.15, 0.2) is 12.3 Å². The Bertz CT molecular complexity index is 1120. The van der Waals surface area contributed by atoms with Crippen LogP contribution < -0.4 is 10.2 Å². The summed E-state index contributed by atoms with van der Waals surface area (Å²) in [5, 5.41) is 0. The average molecular weight is 603 g/mol. The third-order valence-corrected chi connectivity index (χ3v) is 16.9. The van der Waals surface area contributed by atoms with Crippen molar-refractivity contribution in [3.63, 3.8) is 0 Å². The van der Waals surface area contributed by atoms with Crippen LogP contribution in [0.1, 0.15) is 47.8 Å². The van der Waals surface area contributed by atoms with Gasteiger partial charge in [-0.25, -0.2) is 4.98 Å². The van der Waals surface area contributed by atoms with Gasteiger partial charge in [0.2, 0.25) is 0 Å². The Morgan fingerprint density at radius 1 is 1.06 bits per heavy atom. The Morgan fingerprint density at radius 3 is 2.44 bits per heavy atom. The summed E-state index contributed by atoms with van der Waals surface area (Å²) in [6.45, 7) is 15.8. The fourth-order valence-electron chi connectivity index (χ4n) is 5.00. The van der Waals surface area contributed by atoms with Crippen molar-refractivity contribution in [3.05, 3.63) is 48.1 Å². The molecular formula is C25H35N3O5Si2Y-2. The average Bonchev–Trinajstić information content (AvgIpc) is 3.31. The van der Waals surface area contributed by atoms with E-state index in [4.69, 9.17) is 22.4 Å². The van der Waals surface area contributed by atoms with Gasteiger partial charge < -0.3 is 33.1 Å². The first-order valence-electron chi connectivity index (χ1n) is 12.5. The molecule has 1 radical (unpaired) electrons. The van der Waals surface area contributed by atoms with Crippen LogP contribution in [0.4, 0.5) is 5.69 Å². The van der Waals surface area contributed by atoms with E-state index in [0.717, 1.165) is 0 Å². The predicted octanol–water partition coefficient (Wildman–Crippen LogP) is 4.55. The van der Waals surface area contributed by atoms with Crippen LogP contribution in [0, 0.1) is 12.1 Å². The maximum atomic E-state index is 7.08. The summed E-state index contributed by atoms with van der Waals surface area (Å²) in [5.41, 5.74) is 1.90. The third kappa shape index (κ3) is 5.00. The minimum atomic E-state index is -2.71. The van der Waals surface area contributed by atoms with Gasteiger partial charge >= 0.3 is 17.1 Å². The summed E-state index contributed by atoms with van der Waals surface area (Å²) in [6.07, 6.45) is 0.537. The monoisotopic (exact) mass is 602 g/mol. The Kier molecular flexibility index (Phi) is 8.49. The van der Waals surface area contributed by atoms with Crippen molar-refractivity contribution in [3.8, 4) is 6.01 Å². The number of fused-ring (bicyclic) bond motifs is 5. The molecule has 4 heterocycles. The van der Waals surface area contributed by atoms with E-state index >= 15 is 0 Å². The van der Waals surface area contributed by atoms with Gasteiger partial charge in [0.25, 0.3) is 6.01 Å². The first-order chi connectivity index (χ1) is 16.6. The predicted molar refractivity (Wildman–Crippen MR) is 134 cm³/mol. The number of rotatable bonds is 4. The van der Waals surface area contributed by atoms with Crippen molar-refractivity contribution in [2.45, 2.75) is 89.3 Å². The molecule has 3 aliphatic heterocycles. The second-order valence-electron chi connectivity index (χ2n) is 10.6. The summed E-state index contributed by atoms with van der Waals surface area (Å²) < 4.78 is 35.5. The van der Waals surface area contributed by atoms with Gasteiger partial charge in [-0.1, -0.05) is 47.2 Å². The van der Waals surface area contributed by atoms with Gasteiger partial charge in [-0.2, -0.15) is 30.5 Å². The molecule has 36 heavy (non-hydrogen) atoms. The second-order valence-corrected chi connectivity index (χ2v) is 18.9. The van der Waals surface area contributed by atoms with E-state index in [2.05, 4.69) is 70.2 Å². The maximum absolute atomic E-state index is 7.08. The molecule has 0 spiro atoms. The van der Waals surface area contributed by atoms with Gasteiger partial charge in [0.05, 0.1) is 6.61 Å². The van der Waals surface area contributed by atoms with Crippen molar-refractivity contribution in [2.24, 2.45) is 4.99 Å². The molecule has 11 heteroatoms. The van der Waals surface area contributed by atoms with E-state index in [1.807, 2.05) is 28.8 Å². The minimum absolute atomic E-state index is 0. The van der Waals surface area contributed by atoms with Crippen LogP contribution in [0.3, 0.4) is 0 Å². The number of hydrogen-bond donors (Lipinski definition) is 0. The molecule has 0 bridgehead atoms. The van der Waals surface area contributed by atoms with E-state index in [1.165, 1.54) is 0 Å². The van der Waals surface area contributed by atoms with Crippen LogP contribution in [0.2, 0.25) is 23.2 Å². The largest absolute Gasteiger partial charge is 0.454 e. The zero-order valence-electron chi connectivity index (χ0n) is 22.1. The fraction of sp³-hybridized carbons (Fsp3) is 0.600. The molecule has 3 aliphatic rings. The summed E-state index contributed by atoms with van der Waals surface area (Å²) in [7, 11) is -5.21. The second kappa shape index (κ2) is 10.8. The zero-order valence-corrected chi connectivity index (χ0v) is 26.9. The smallest absolute Gasteiger partial charge is 0.335 e. The summed E-state index contributed by atoms with van der Waals surface area (Å²) in [6, 6.07) is 14.2. The molecule has 2 saturated heterocycles. The van der Waals surface area contributed by atoms with E-state index in [9.17, 15) is 0 Å². The van der Waals surface area contributed by atoms with Crippen molar-refractivity contribution in [2.75, 3.05) is 6.61 Å². The van der Waals surface area contributed by atoms with Crippen molar-refractivity contribution in [1.82, 2.24) is 9.55 Å². The molecule has 0 saturated carbocycles. The molecule has 2 unspecified atom stereocenters. The van der Waals surface area contributed by atoms with Crippen LogP contribution in [0.25, 0.3) is 0 Å². The topological polar surface area (TPSA) is 76.3 Å². The molecule has 0 amide bonds. The molecule has 0 aliphatic carbocycles. The van der Waals surface area contributed by atoms with Gasteiger partial charge in [-0.3, -0.25) is 4.99 Å². The van der Waals surface area contributed by atoms with Crippen molar-refractivity contribution in [1.29, 1.82) is 0 Å². The number of para-hydroxylation sites is 1. The van der Waals surface area contributed by atoms with Crippen molar-refractivity contribution >= 4 is 22.8 Å².